The lowest BCUT2D eigenvalue weighted by molar-refractivity contribution is 0.0613. The normalized spacial score (nSPS) is 20.4. The predicted octanol–water partition coefficient (Wildman–Crippen LogP) is 0.839. The molecule has 5 nitrogen and oxygen atoms in total. The number of piperazine rings is 1. The molecule has 1 aliphatic rings. The largest absolute Gasteiger partial charge is 0.351 e. The van der Waals surface area contributed by atoms with Gasteiger partial charge in [0.15, 0.2) is 0 Å². The molecule has 1 N–H and O–H groups in total. The number of nitrogens with zero attached hydrogens (tertiary/aromatic N) is 2. The van der Waals surface area contributed by atoms with Crippen molar-refractivity contribution in [3.63, 3.8) is 0 Å². The third-order valence-electron chi connectivity index (χ3n) is 2.60. The lowest BCUT2D eigenvalue weighted by Gasteiger charge is -2.33. The van der Waals surface area contributed by atoms with Gasteiger partial charge in [0.1, 0.15) is 0 Å². The number of rotatable bonds is 1. The number of aromatic nitrogens is 1. The van der Waals surface area contributed by atoms with Crippen LogP contribution in [0.15, 0.2) is 10.6 Å². The highest BCUT2D eigenvalue weighted by Crippen LogP contribution is 2.11. The molecule has 0 spiro atoms. The van der Waals surface area contributed by atoms with Crippen LogP contribution in [-0.2, 0) is 0 Å². The van der Waals surface area contributed by atoms with Gasteiger partial charge in [0, 0.05) is 31.7 Å². The second kappa shape index (κ2) is 5.32. The molecule has 1 amide bonds. The second-order valence-corrected chi connectivity index (χ2v) is 3.88. The number of hydrogen-bond donors (Lipinski definition) is 1. The zero-order chi connectivity index (χ0) is 10.8. The van der Waals surface area contributed by atoms with Crippen molar-refractivity contribution in [2.24, 2.45) is 0 Å². The molecule has 0 saturated carbocycles. The summed E-state index contributed by atoms with van der Waals surface area (Å²) in [6.45, 7) is 6.22. The number of nitrogens with one attached hydrogen (secondary N) is 1. The van der Waals surface area contributed by atoms with E-state index in [9.17, 15) is 4.79 Å². The van der Waals surface area contributed by atoms with Gasteiger partial charge in [-0.05, 0) is 13.8 Å². The lowest BCUT2D eigenvalue weighted by atomic mass is 10.2. The summed E-state index contributed by atoms with van der Waals surface area (Å²) in [5.41, 5.74) is 0.737. The van der Waals surface area contributed by atoms with Crippen molar-refractivity contribution >= 4 is 18.3 Å². The van der Waals surface area contributed by atoms with Gasteiger partial charge in [-0.1, -0.05) is 5.16 Å². The highest BCUT2D eigenvalue weighted by Gasteiger charge is 2.26. The van der Waals surface area contributed by atoms with Crippen LogP contribution in [0.25, 0.3) is 0 Å². The Hall–Kier alpha value is -1.07. The minimum absolute atomic E-state index is 0. The summed E-state index contributed by atoms with van der Waals surface area (Å²) in [4.78, 5) is 13.8. The minimum atomic E-state index is -0.0652. The van der Waals surface area contributed by atoms with E-state index < -0.39 is 0 Å². The van der Waals surface area contributed by atoms with E-state index in [2.05, 4.69) is 10.5 Å². The molecular weight excluding hydrogens is 230 g/mol. The van der Waals surface area contributed by atoms with E-state index in [1.54, 1.807) is 6.07 Å². The predicted molar refractivity (Wildman–Crippen MR) is 61.9 cm³/mol. The Morgan fingerprint density at radius 1 is 1.69 bits per heavy atom. The van der Waals surface area contributed by atoms with E-state index in [1.165, 1.54) is 0 Å². The number of amides is 1. The average molecular weight is 246 g/mol. The molecule has 6 heteroatoms. The Morgan fingerprint density at radius 2 is 2.44 bits per heavy atom. The third-order valence-corrected chi connectivity index (χ3v) is 2.60. The van der Waals surface area contributed by atoms with Crippen LogP contribution in [0.5, 0.6) is 0 Å². The van der Waals surface area contributed by atoms with Crippen molar-refractivity contribution in [2.45, 2.75) is 19.9 Å². The maximum Gasteiger partial charge on any atom is 0.292 e. The molecule has 0 unspecified atom stereocenters. The van der Waals surface area contributed by atoms with E-state index in [0.717, 1.165) is 25.3 Å². The molecule has 1 aromatic rings. The van der Waals surface area contributed by atoms with Crippen LogP contribution >= 0.6 is 12.4 Å². The van der Waals surface area contributed by atoms with Crippen LogP contribution in [0.2, 0.25) is 0 Å². The molecule has 16 heavy (non-hydrogen) atoms. The number of carbonyl (C=O) groups excluding carboxylic acids is 1. The Kier molecular flexibility index (Phi) is 4.32. The van der Waals surface area contributed by atoms with Gasteiger partial charge < -0.3 is 14.7 Å². The van der Waals surface area contributed by atoms with Crippen LogP contribution in [0.4, 0.5) is 0 Å². The van der Waals surface area contributed by atoms with Gasteiger partial charge in [-0.15, -0.1) is 12.4 Å². The van der Waals surface area contributed by atoms with Crippen LogP contribution < -0.4 is 5.32 Å². The number of aryl methyl sites for hydroxylation is 1. The fourth-order valence-corrected chi connectivity index (χ4v) is 1.75. The van der Waals surface area contributed by atoms with Crippen molar-refractivity contribution in [2.75, 3.05) is 19.6 Å². The Morgan fingerprint density at radius 3 is 3.00 bits per heavy atom. The highest BCUT2D eigenvalue weighted by atomic mass is 35.5. The van der Waals surface area contributed by atoms with Crippen molar-refractivity contribution in [3.05, 3.63) is 17.5 Å². The smallest absolute Gasteiger partial charge is 0.292 e. The zero-order valence-electron chi connectivity index (χ0n) is 9.40. The molecule has 0 bridgehead atoms. The zero-order valence-corrected chi connectivity index (χ0v) is 10.2. The minimum Gasteiger partial charge on any atom is -0.351 e. The maximum absolute atomic E-state index is 12.0. The lowest BCUT2D eigenvalue weighted by Crippen LogP contribution is -2.52. The molecular formula is C10H16ClN3O2. The fraction of sp³-hybridized carbons (Fsp3) is 0.600. The average Bonchev–Trinajstić information content (AvgIpc) is 2.65. The van der Waals surface area contributed by atoms with E-state index in [1.807, 2.05) is 18.7 Å². The molecule has 0 radical (unpaired) electrons. The number of carbonyl (C=O) groups is 1. The summed E-state index contributed by atoms with van der Waals surface area (Å²) < 4.78 is 4.97. The summed E-state index contributed by atoms with van der Waals surface area (Å²) in [6, 6.07) is 1.88. The summed E-state index contributed by atoms with van der Waals surface area (Å²) in [5, 5.41) is 6.96. The first-order chi connectivity index (χ1) is 7.18. The molecule has 0 aromatic carbocycles. The monoisotopic (exact) mass is 245 g/mol. The highest BCUT2D eigenvalue weighted by molar-refractivity contribution is 5.91. The van der Waals surface area contributed by atoms with Gasteiger partial charge in [-0.2, -0.15) is 0 Å². The van der Waals surface area contributed by atoms with Crippen molar-refractivity contribution in [3.8, 4) is 0 Å². The van der Waals surface area contributed by atoms with Gasteiger partial charge >= 0.3 is 0 Å². The fourth-order valence-electron chi connectivity index (χ4n) is 1.75. The van der Waals surface area contributed by atoms with E-state index >= 15 is 0 Å². The standard InChI is InChI=1S/C10H15N3O2.ClH/c1-7-5-9(15-12-7)10(14)13-4-3-11-6-8(13)2;/h5,8,11H,3-4,6H2,1-2H3;1H/t8-;/m1./s1. The molecule has 1 saturated heterocycles. The first-order valence-corrected chi connectivity index (χ1v) is 5.13. The van der Waals surface area contributed by atoms with Gasteiger partial charge in [0.2, 0.25) is 5.76 Å². The SMILES string of the molecule is Cc1cc(C(=O)N2CCNC[C@H]2C)on1.Cl. The molecule has 0 aliphatic carbocycles. The molecule has 1 aliphatic heterocycles. The van der Waals surface area contributed by atoms with Gasteiger partial charge in [-0.3, -0.25) is 4.79 Å². The summed E-state index contributed by atoms with van der Waals surface area (Å²) in [6.07, 6.45) is 0. The molecule has 90 valence electrons. The van der Waals surface area contributed by atoms with Crippen molar-refractivity contribution in [1.82, 2.24) is 15.4 Å². The molecule has 1 fully saturated rings. The van der Waals surface area contributed by atoms with Gasteiger partial charge in [0.05, 0.1) is 5.69 Å². The van der Waals surface area contributed by atoms with Crippen LogP contribution in [0, 0.1) is 6.92 Å². The third kappa shape index (κ3) is 2.54. The summed E-state index contributed by atoms with van der Waals surface area (Å²) in [7, 11) is 0. The van der Waals surface area contributed by atoms with Crippen molar-refractivity contribution in [1.29, 1.82) is 0 Å². The Bertz CT molecular complexity index is 367. The number of halogens is 1. The molecule has 2 rings (SSSR count). The topological polar surface area (TPSA) is 58.4 Å². The van der Waals surface area contributed by atoms with Gasteiger partial charge in [-0.25, -0.2) is 0 Å². The maximum atomic E-state index is 12.0. The summed E-state index contributed by atoms with van der Waals surface area (Å²) >= 11 is 0. The first kappa shape index (κ1) is 13.0. The van der Waals surface area contributed by atoms with Crippen LogP contribution in [0.1, 0.15) is 23.2 Å². The first-order valence-electron chi connectivity index (χ1n) is 5.13. The quantitative estimate of drug-likeness (QED) is 0.797. The van der Waals surface area contributed by atoms with Crippen molar-refractivity contribution < 1.29 is 9.32 Å². The molecule has 1 aromatic heterocycles. The molecule has 1 atom stereocenters. The van der Waals surface area contributed by atoms with Crippen LogP contribution in [-0.4, -0.2) is 41.6 Å². The van der Waals surface area contributed by atoms with Crippen LogP contribution in [0.3, 0.4) is 0 Å². The Labute approximate surface area is 101 Å². The molecule has 2 heterocycles. The van der Waals surface area contributed by atoms with E-state index in [-0.39, 0.29) is 24.4 Å². The number of hydrogen-bond acceptors (Lipinski definition) is 4. The summed E-state index contributed by atoms with van der Waals surface area (Å²) in [5.74, 6) is 0.269. The second-order valence-electron chi connectivity index (χ2n) is 3.88. The van der Waals surface area contributed by atoms with E-state index in [0.29, 0.717) is 5.76 Å². The Balaban J connectivity index is 0.00000128. The van der Waals surface area contributed by atoms with E-state index in [4.69, 9.17) is 4.52 Å². The van der Waals surface area contributed by atoms with Gasteiger partial charge in [0.25, 0.3) is 5.91 Å².